The zero-order valence-corrected chi connectivity index (χ0v) is 13.1. The molecule has 0 heteroatoms. The van der Waals surface area contributed by atoms with Gasteiger partial charge in [-0.2, -0.15) is 0 Å². The molecular weight excluding hydrogens is 204 g/mol. The fourth-order valence-electron chi connectivity index (χ4n) is 2.13. The Balaban J connectivity index is 3.24. The first-order valence-electron chi connectivity index (χ1n) is 7.81. The summed E-state index contributed by atoms with van der Waals surface area (Å²) in [6.07, 6.45) is 14.3. The molecule has 0 spiro atoms. The van der Waals surface area contributed by atoms with E-state index in [0.29, 0.717) is 5.41 Å². The van der Waals surface area contributed by atoms with Crippen molar-refractivity contribution in [3.05, 3.63) is 5.92 Å². The molecule has 1 radical (unpaired) electrons. The molecule has 0 aromatic rings. The Kier molecular flexibility index (Phi) is 9.97. The van der Waals surface area contributed by atoms with E-state index in [1.807, 2.05) is 0 Å². The van der Waals surface area contributed by atoms with Crippen LogP contribution in [0.3, 0.4) is 0 Å². The van der Waals surface area contributed by atoms with Crippen LogP contribution in [0.25, 0.3) is 0 Å². The van der Waals surface area contributed by atoms with E-state index in [9.17, 15) is 0 Å². The summed E-state index contributed by atoms with van der Waals surface area (Å²) in [4.78, 5) is 0. The summed E-state index contributed by atoms with van der Waals surface area (Å²) < 4.78 is 0. The number of unbranched alkanes of at least 4 members (excludes halogenated alkanes) is 8. The summed E-state index contributed by atoms with van der Waals surface area (Å²) in [6, 6.07) is 0. The van der Waals surface area contributed by atoms with Crippen LogP contribution >= 0.6 is 0 Å². The molecular formula is C17H35. The van der Waals surface area contributed by atoms with Gasteiger partial charge in [0, 0.05) is 0 Å². The SMILES string of the molecule is CCCCCCCCCCCC(C)(C)[C](C)C. The minimum absolute atomic E-state index is 0.459. The molecule has 0 saturated carbocycles. The Morgan fingerprint density at radius 1 is 0.706 bits per heavy atom. The molecule has 0 bridgehead atoms. The van der Waals surface area contributed by atoms with Gasteiger partial charge in [-0.3, -0.25) is 0 Å². The van der Waals surface area contributed by atoms with Crippen molar-refractivity contribution in [2.24, 2.45) is 5.41 Å². The van der Waals surface area contributed by atoms with Gasteiger partial charge in [-0.15, -0.1) is 0 Å². The summed E-state index contributed by atoms with van der Waals surface area (Å²) in [5.74, 6) is 1.58. The van der Waals surface area contributed by atoms with Gasteiger partial charge < -0.3 is 0 Å². The lowest BCUT2D eigenvalue weighted by atomic mass is 9.77. The zero-order chi connectivity index (χ0) is 13.1. The van der Waals surface area contributed by atoms with Gasteiger partial charge in [-0.05, 0) is 17.8 Å². The number of hydrogen-bond donors (Lipinski definition) is 0. The molecule has 103 valence electrons. The van der Waals surface area contributed by atoms with Gasteiger partial charge in [-0.1, -0.05) is 92.4 Å². The maximum atomic E-state index is 2.38. The van der Waals surface area contributed by atoms with Crippen molar-refractivity contribution < 1.29 is 0 Å². The van der Waals surface area contributed by atoms with Crippen molar-refractivity contribution in [1.29, 1.82) is 0 Å². The van der Waals surface area contributed by atoms with Crippen LogP contribution in [0.5, 0.6) is 0 Å². The lowest BCUT2D eigenvalue weighted by Gasteiger charge is -2.28. The number of hydrogen-bond acceptors (Lipinski definition) is 0. The van der Waals surface area contributed by atoms with Gasteiger partial charge in [0.1, 0.15) is 0 Å². The molecule has 0 fully saturated rings. The van der Waals surface area contributed by atoms with Gasteiger partial charge in [0.2, 0.25) is 0 Å². The third-order valence-electron chi connectivity index (χ3n) is 4.26. The summed E-state index contributed by atoms with van der Waals surface area (Å²) in [5.41, 5.74) is 0.459. The fourth-order valence-corrected chi connectivity index (χ4v) is 2.13. The van der Waals surface area contributed by atoms with Crippen LogP contribution in [-0.2, 0) is 0 Å². The van der Waals surface area contributed by atoms with Gasteiger partial charge in [0.15, 0.2) is 0 Å². The summed E-state index contributed by atoms with van der Waals surface area (Å²) in [7, 11) is 0. The minimum atomic E-state index is 0.459. The Morgan fingerprint density at radius 3 is 1.53 bits per heavy atom. The van der Waals surface area contributed by atoms with Gasteiger partial charge >= 0.3 is 0 Å². The Bertz CT molecular complexity index is 155. The zero-order valence-electron chi connectivity index (χ0n) is 13.1. The molecule has 0 atom stereocenters. The lowest BCUT2D eigenvalue weighted by Crippen LogP contribution is -2.16. The standard InChI is InChI=1S/C17H35/c1-6-7-8-9-10-11-12-13-14-15-17(4,5)16(2)3/h6-15H2,1-5H3. The largest absolute Gasteiger partial charge is 0.0654 e. The quantitative estimate of drug-likeness (QED) is 0.359. The van der Waals surface area contributed by atoms with E-state index in [-0.39, 0.29) is 0 Å². The molecule has 0 rings (SSSR count). The van der Waals surface area contributed by atoms with Crippen LogP contribution in [0.2, 0.25) is 0 Å². The van der Waals surface area contributed by atoms with Crippen molar-refractivity contribution in [2.45, 2.75) is 98.8 Å². The Morgan fingerprint density at radius 2 is 1.12 bits per heavy atom. The molecule has 0 amide bonds. The van der Waals surface area contributed by atoms with Crippen molar-refractivity contribution >= 4 is 0 Å². The molecule has 0 aromatic carbocycles. The molecule has 17 heavy (non-hydrogen) atoms. The smallest absolute Gasteiger partial charge is 0.0247 e. The summed E-state index contributed by atoms with van der Waals surface area (Å²) in [6.45, 7) is 11.6. The van der Waals surface area contributed by atoms with Gasteiger partial charge in [0.05, 0.1) is 0 Å². The minimum Gasteiger partial charge on any atom is -0.0654 e. The highest BCUT2D eigenvalue weighted by Crippen LogP contribution is 2.33. The molecule has 0 N–H and O–H groups in total. The maximum Gasteiger partial charge on any atom is -0.0247 e. The first kappa shape index (κ1) is 17.0. The normalized spacial score (nSPS) is 12.4. The second-order valence-electron chi connectivity index (χ2n) is 6.46. The van der Waals surface area contributed by atoms with E-state index < -0.39 is 0 Å². The van der Waals surface area contributed by atoms with E-state index in [1.165, 1.54) is 64.2 Å². The molecule has 0 aliphatic carbocycles. The van der Waals surface area contributed by atoms with Gasteiger partial charge in [0.25, 0.3) is 0 Å². The fraction of sp³-hybridized carbons (Fsp3) is 0.941. The predicted octanol–water partition coefficient (Wildman–Crippen LogP) is 6.55. The van der Waals surface area contributed by atoms with E-state index in [1.54, 1.807) is 5.92 Å². The second-order valence-corrected chi connectivity index (χ2v) is 6.46. The van der Waals surface area contributed by atoms with Crippen LogP contribution in [0.4, 0.5) is 0 Å². The second kappa shape index (κ2) is 9.97. The topological polar surface area (TPSA) is 0 Å². The van der Waals surface area contributed by atoms with Crippen LogP contribution in [0.1, 0.15) is 98.8 Å². The van der Waals surface area contributed by atoms with E-state index >= 15 is 0 Å². The average Bonchev–Trinajstić information content (AvgIpc) is 2.26. The van der Waals surface area contributed by atoms with Crippen LogP contribution in [0, 0.1) is 11.3 Å². The molecule has 0 heterocycles. The Labute approximate surface area is 111 Å². The molecule has 0 saturated heterocycles. The van der Waals surface area contributed by atoms with E-state index in [0.717, 1.165) is 0 Å². The van der Waals surface area contributed by atoms with E-state index in [2.05, 4.69) is 34.6 Å². The lowest BCUT2D eigenvalue weighted by molar-refractivity contribution is 0.339. The van der Waals surface area contributed by atoms with Crippen molar-refractivity contribution in [2.75, 3.05) is 0 Å². The first-order valence-corrected chi connectivity index (χ1v) is 7.81. The monoisotopic (exact) mass is 239 g/mol. The Hall–Kier alpha value is 0. The maximum absolute atomic E-state index is 2.38. The van der Waals surface area contributed by atoms with E-state index in [4.69, 9.17) is 0 Å². The van der Waals surface area contributed by atoms with Crippen LogP contribution in [0.15, 0.2) is 0 Å². The highest BCUT2D eigenvalue weighted by Gasteiger charge is 2.21. The predicted molar refractivity (Wildman–Crippen MR) is 80.2 cm³/mol. The highest BCUT2D eigenvalue weighted by molar-refractivity contribution is 4.94. The third-order valence-corrected chi connectivity index (χ3v) is 4.26. The first-order chi connectivity index (χ1) is 8.00. The molecule has 0 aliphatic heterocycles. The third kappa shape index (κ3) is 9.68. The molecule has 0 aliphatic rings. The summed E-state index contributed by atoms with van der Waals surface area (Å²) in [5, 5.41) is 0. The average molecular weight is 239 g/mol. The van der Waals surface area contributed by atoms with Crippen LogP contribution < -0.4 is 0 Å². The van der Waals surface area contributed by atoms with Crippen molar-refractivity contribution in [3.8, 4) is 0 Å². The van der Waals surface area contributed by atoms with Crippen molar-refractivity contribution in [3.63, 3.8) is 0 Å². The van der Waals surface area contributed by atoms with Gasteiger partial charge in [-0.25, -0.2) is 0 Å². The molecule has 0 unspecified atom stereocenters. The highest BCUT2D eigenvalue weighted by atomic mass is 14.3. The molecule has 0 aromatic heterocycles. The summed E-state index contributed by atoms with van der Waals surface area (Å²) >= 11 is 0. The van der Waals surface area contributed by atoms with Crippen LogP contribution in [-0.4, -0.2) is 0 Å². The molecule has 0 nitrogen and oxygen atoms in total. The van der Waals surface area contributed by atoms with Crippen molar-refractivity contribution in [1.82, 2.24) is 0 Å². The number of rotatable bonds is 11.